The fourth-order valence-electron chi connectivity index (χ4n) is 3.63. The number of aliphatic carboxylic acids is 1. The quantitative estimate of drug-likeness (QED) is 0.329. The van der Waals surface area contributed by atoms with E-state index in [-0.39, 0.29) is 24.3 Å². The third-order valence-corrected chi connectivity index (χ3v) is 5.10. The molecule has 2 aromatic carbocycles. The van der Waals surface area contributed by atoms with Gasteiger partial charge in [-0.15, -0.1) is 5.10 Å². The third-order valence-electron chi connectivity index (χ3n) is 5.10. The van der Waals surface area contributed by atoms with Crippen LogP contribution in [0.5, 0.6) is 0 Å². The van der Waals surface area contributed by atoms with Gasteiger partial charge in [-0.25, -0.2) is 4.79 Å². The molecule has 3 aromatic rings. The Balaban J connectivity index is 1.30. The zero-order valence-corrected chi connectivity index (χ0v) is 17.7. The Morgan fingerprint density at radius 3 is 2.24 bits per heavy atom. The normalized spacial score (nSPS) is 11.8. The summed E-state index contributed by atoms with van der Waals surface area (Å²) in [5.74, 6) is -3.21. The van der Waals surface area contributed by atoms with Gasteiger partial charge in [0, 0.05) is 5.92 Å². The fourth-order valence-corrected chi connectivity index (χ4v) is 3.63. The van der Waals surface area contributed by atoms with Gasteiger partial charge in [-0.05, 0) is 22.3 Å². The Bertz CT molecular complexity index is 1210. The van der Waals surface area contributed by atoms with Crippen LogP contribution in [0.3, 0.4) is 0 Å². The van der Waals surface area contributed by atoms with Gasteiger partial charge in [0.1, 0.15) is 13.2 Å². The van der Waals surface area contributed by atoms with Crippen LogP contribution >= 0.6 is 0 Å². The van der Waals surface area contributed by atoms with Crippen molar-refractivity contribution in [3.63, 3.8) is 0 Å². The summed E-state index contributed by atoms with van der Waals surface area (Å²) in [5.41, 5.74) is 4.35. The van der Waals surface area contributed by atoms with Crippen molar-refractivity contribution >= 4 is 29.8 Å². The number of aromatic amines is 1. The van der Waals surface area contributed by atoms with Crippen LogP contribution in [0.2, 0.25) is 0 Å². The number of H-pyrrole nitrogens is 1. The molecule has 1 aliphatic rings. The van der Waals surface area contributed by atoms with Crippen molar-refractivity contribution in [1.82, 2.24) is 25.8 Å². The number of carbonyl (C=O) groups is 4. The number of carboxylic acids is 1. The number of anilines is 1. The lowest BCUT2D eigenvalue weighted by Gasteiger charge is -2.13. The van der Waals surface area contributed by atoms with Gasteiger partial charge >= 0.3 is 12.1 Å². The van der Waals surface area contributed by atoms with E-state index in [0.717, 1.165) is 22.3 Å². The molecular formula is C22H20N6O6. The first-order chi connectivity index (χ1) is 16.4. The predicted octanol–water partition coefficient (Wildman–Crippen LogP) is 1.10. The molecule has 174 valence electrons. The number of aromatic nitrogens is 3. The molecule has 3 amide bonds. The van der Waals surface area contributed by atoms with Crippen molar-refractivity contribution in [1.29, 1.82) is 0 Å². The molecule has 12 nitrogen and oxygen atoms in total. The average molecular weight is 464 g/mol. The van der Waals surface area contributed by atoms with E-state index >= 15 is 0 Å². The molecule has 0 aliphatic heterocycles. The van der Waals surface area contributed by atoms with Gasteiger partial charge in [0.15, 0.2) is 0 Å². The first-order valence-electron chi connectivity index (χ1n) is 10.2. The molecule has 0 atom stereocenters. The molecule has 0 fully saturated rings. The van der Waals surface area contributed by atoms with Crippen LogP contribution in [0.15, 0.2) is 48.5 Å². The molecule has 12 heteroatoms. The zero-order chi connectivity index (χ0) is 24.1. The van der Waals surface area contributed by atoms with Gasteiger partial charge in [0.05, 0.1) is 6.54 Å². The summed E-state index contributed by atoms with van der Waals surface area (Å²) >= 11 is 0. The van der Waals surface area contributed by atoms with E-state index in [0.29, 0.717) is 0 Å². The second-order valence-corrected chi connectivity index (χ2v) is 7.31. The highest BCUT2D eigenvalue weighted by molar-refractivity contribution is 5.94. The van der Waals surface area contributed by atoms with Crippen LogP contribution in [-0.2, 0) is 14.3 Å². The minimum Gasteiger partial charge on any atom is -0.480 e. The lowest BCUT2D eigenvalue weighted by atomic mass is 9.98. The summed E-state index contributed by atoms with van der Waals surface area (Å²) in [5, 5.41) is 21.3. The van der Waals surface area contributed by atoms with Crippen LogP contribution in [-0.4, -0.2) is 63.9 Å². The Morgan fingerprint density at radius 1 is 0.941 bits per heavy atom. The molecule has 1 heterocycles. The molecule has 0 saturated carbocycles. The van der Waals surface area contributed by atoms with Gasteiger partial charge in [-0.3, -0.25) is 24.8 Å². The summed E-state index contributed by atoms with van der Waals surface area (Å²) in [4.78, 5) is 50.0. The van der Waals surface area contributed by atoms with Crippen LogP contribution in [0.4, 0.5) is 10.7 Å². The number of rotatable bonds is 8. The van der Waals surface area contributed by atoms with Crippen LogP contribution in [0.1, 0.15) is 27.7 Å². The van der Waals surface area contributed by atoms with Crippen LogP contribution in [0.25, 0.3) is 11.1 Å². The topological polar surface area (TPSA) is 175 Å². The minimum atomic E-state index is -1.21. The van der Waals surface area contributed by atoms with Crippen molar-refractivity contribution < 1.29 is 29.0 Å². The number of carbonyl (C=O) groups excluding carboxylic acids is 3. The van der Waals surface area contributed by atoms with E-state index in [1.807, 2.05) is 48.5 Å². The van der Waals surface area contributed by atoms with E-state index in [1.165, 1.54) is 0 Å². The molecule has 0 unspecified atom stereocenters. The highest BCUT2D eigenvalue weighted by Gasteiger charge is 2.29. The Labute approximate surface area is 192 Å². The molecule has 0 saturated heterocycles. The fraction of sp³-hybridized carbons (Fsp3) is 0.182. The number of nitrogens with zero attached hydrogens (tertiary/aromatic N) is 2. The molecule has 0 spiro atoms. The van der Waals surface area contributed by atoms with Crippen LogP contribution in [0, 0.1) is 0 Å². The number of ether oxygens (including phenoxy) is 1. The summed E-state index contributed by atoms with van der Waals surface area (Å²) < 4.78 is 5.39. The summed E-state index contributed by atoms with van der Waals surface area (Å²) in [6.07, 6.45) is -0.791. The Morgan fingerprint density at radius 2 is 1.59 bits per heavy atom. The molecule has 1 aliphatic carbocycles. The number of fused-ring (bicyclic) bond motifs is 3. The summed E-state index contributed by atoms with van der Waals surface area (Å²) in [6, 6.07) is 15.9. The van der Waals surface area contributed by atoms with Crippen molar-refractivity contribution in [2.75, 3.05) is 25.0 Å². The molecular weight excluding hydrogens is 444 g/mol. The first kappa shape index (κ1) is 22.5. The van der Waals surface area contributed by atoms with Gasteiger partial charge in [-0.2, -0.15) is 4.98 Å². The molecule has 5 N–H and O–H groups in total. The summed E-state index contributed by atoms with van der Waals surface area (Å²) in [6.45, 7) is -0.920. The molecule has 4 rings (SSSR count). The number of amides is 3. The molecule has 0 bridgehead atoms. The highest BCUT2D eigenvalue weighted by Crippen LogP contribution is 2.44. The number of carboxylic acid groups (broad SMARTS) is 1. The smallest absolute Gasteiger partial charge is 0.414 e. The van der Waals surface area contributed by atoms with Crippen molar-refractivity contribution in [3.05, 3.63) is 65.5 Å². The SMILES string of the molecule is O=C(O)CNC(=O)CNC(=O)c1nc(NC(=O)OCC2c3ccccc3-c3ccccc32)n[nH]1. The van der Waals surface area contributed by atoms with Gasteiger partial charge in [-0.1, -0.05) is 48.5 Å². The van der Waals surface area contributed by atoms with Crippen molar-refractivity contribution in [3.8, 4) is 11.1 Å². The van der Waals surface area contributed by atoms with E-state index < -0.39 is 37.0 Å². The molecule has 34 heavy (non-hydrogen) atoms. The van der Waals surface area contributed by atoms with E-state index in [2.05, 4.69) is 31.1 Å². The maximum Gasteiger partial charge on any atom is 0.414 e. The second-order valence-electron chi connectivity index (χ2n) is 7.31. The zero-order valence-electron chi connectivity index (χ0n) is 17.7. The molecule has 1 aromatic heterocycles. The number of hydrogen-bond acceptors (Lipinski definition) is 7. The maximum atomic E-state index is 12.3. The predicted molar refractivity (Wildman–Crippen MR) is 118 cm³/mol. The van der Waals surface area contributed by atoms with E-state index in [9.17, 15) is 19.2 Å². The van der Waals surface area contributed by atoms with Gasteiger partial charge in [0.2, 0.25) is 11.7 Å². The van der Waals surface area contributed by atoms with Gasteiger partial charge < -0.3 is 20.5 Å². The monoisotopic (exact) mass is 464 g/mol. The second kappa shape index (κ2) is 9.81. The summed E-state index contributed by atoms with van der Waals surface area (Å²) in [7, 11) is 0. The van der Waals surface area contributed by atoms with Crippen LogP contribution < -0.4 is 16.0 Å². The van der Waals surface area contributed by atoms with Crippen molar-refractivity contribution in [2.24, 2.45) is 0 Å². The van der Waals surface area contributed by atoms with E-state index in [4.69, 9.17) is 9.84 Å². The number of hydrogen-bond donors (Lipinski definition) is 5. The van der Waals surface area contributed by atoms with Crippen molar-refractivity contribution in [2.45, 2.75) is 5.92 Å². The Hall–Kier alpha value is -4.74. The molecule has 0 radical (unpaired) electrons. The number of nitrogens with one attached hydrogen (secondary N) is 4. The first-order valence-corrected chi connectivity index (χ1v) is 10.2. The highest BCUT2D eigenvalue weighted by atomic mass is 16.5. The lowest BCUT2D eigenvalue weighted by Crippen LogP contribution is -2.39. The standard InChI is InChI=1S/C22H20N6O6/c29-17(23-10-18(30)31)9-24-20(32)19-25-21(28-27-19)26-22(33)34-11-16-14-7-3-1-5-12(14)13-6-2-4-8-15(13)16/h1-8,16H,9-11H2,(H,23,29)(H,24,32)(H,30,31)(H2,25,26,27,28,33). The lowest BCUT2D eigenvalue weighted by molar-refractivity contribution is -0.137. The third kappa shape index (κ3) is 5.01. The largest absolute Gasteiger partial charge is 0.480 e. The Kier molecular flexibility index (Phi) is 6.48. The number of benzene rings is 2. The van der Waals surface area contributed by atoms with Gasteiger partial charge in [0.25, 0.3) is 11.9 Å². The van der Waals surface area contributed by atoms with E-state index in [1.54, 1.807) is 0 Å². The average Bonchev–Trinajstić information content (AvgIpc) is 3.42. The minimum absolute atomic E-state index is 0.100. The maximum absolute atomic E-state index is 12.3.